The first-order valence-corrected chi connectivity index (χ1v) is 3.21. The maximum Gasteiger partial charge on any atom is 0.168 e. The summed E-state index contributed by atoms with van der Waals surface area (Å²) in [5.74, 6) is 0.411. The average Bonchev–Trinajstić information content (AvgIpc) is 2.13. The second-order valence-electron chi connectivity index (χ2n) is 2.54. The van der Waals surface area contributed by atoms with Crippen LogP contribution in [0.5, 0.6) is 0 Å². The van der Waals surface area contributed by atoms with Gasteiger partial charge in [-0.25, -0.2) is 0 Å². The molecule has 1 heterocycles. The van der Waals surface area contributed by atoms with Crippen molar-refractivity contribution in [2.45, 2.75) is 19.9 Å². The van der Waals surface area contributed by atoms with E-state index in [9.17, 15) is 0 Å². The van der Waals surface area contributed by atoms with Crippen molar-refractivity contribution in [3.05, 3.63) is 6.20 Å². The summed E-state index contributed by atoms with van der Waals surface area (Å²) >= 11 is 0. The largest absolute Gasteiger partial charge is 0.394 e. The van der Waals surface area contributed by atoms with Gasteiger partial charge in [-0.2, -0.15) is 5.10 Å². The van der Waals surface area contributed by atoms with Crippen molar-refractivity contribution < 1.29 is 0 Å². The fourth-order valence-corrected chi connectivity index (χ4v) is 0.684. The first-order valence-electron chi connectivity index (χ1n) is 3.21. The van der Waals surface area contributed by atoms with Gasteiger partial charge in [0.2, 0.25) is 0 Å². The molecule has 1 rings (SSSR count). The minimum absolute atomic E-state index is 0. The summed E-state index contributed by atoms with van der Waals surface area (Å²) in [7, 11) is 0. The second-order valence-corrected chi connectivity index (χ2v) is 2.54. The fourth-order valence-electron chi connectivity index (χ4n) is 0.684. The number of rotatable bonds is 1. The number of hydrogen-bond acceptors (Lipinski definition) is 3. The highest BCUT2D eigenvalue weighted by molar-refractivity contribution is 5.85. The maximum atomic E-state index is 5.47. The lowest BCUT2D eigenvalue weighted by Gasteiger charge is -2.01. The van der Waals surface area contributed by atoms with E-state index in [-0.39, 0.29) is 24.8 Å². The lowest BCUT2D eigenvalue weighted by Crippen LogP contribution is -2.01. The van der Waals surface area contributed by atoms with Crippen LogP contribution in [0, 0.1) is 0 Å². The summed E-state index contributed by atoms with van der Waals surface area (Å²) in [4.78, 5) is 0. The van der Waals surface area contributed by atoms with Crippen LogP contribution in [-0.4, -0.2) is 9.78 Å². The smallest absolute Gasteiger partial charge is 0.168 e. The molecule has 4 nitrogen and oxygen atoms in total. The Morgan fingerprint density at radius 3 is 2.00 bits per heavy atom. The van der Waals surface area contributed by atoms with Gasteiger partial charge >= 0.3 is 0 Å². The van der Waals surface area contributed by atoms with E-state index in [2.05, 4.69) is 5.10 Å². The maximum absolute atomic E-state index is 5.47. The molecule has 6 heteroatoms. The van der Waals surface area contributed by atoms with Crippen LogP contribution >= 0.6 is 24.8 Å². The summed E-state index contributed by atoms with van der Waals surface area (Å²) in [6.45, 7) is 4.04. The van der Waals surface area contributed by atoms with Crippen molar-refractivity contribution in [3.63, 3.8) is 0 Å². The van der Waals surface area contributed by atoms with Crippen molar-refractivity contribution in [1.82, 2.24) is 9.78 Å². The van der Waals surface area contributed by atoms with Gasteiger partial charge in [0.25, 0.3) is 0 Å². The third-order valence-electron chi connectivity index (χ3n) is 1.32. The Morgan fingerprint density at radius 1 is 1.33 bits per heavy atom. The highest BCUT2D eigenvalue weighted by Crippen LogP contribution is 2.13. The molecule has 0 aliphatic heterocycles. The predicted octanol–water partition coefficient (Wildman–Crippen LogP) is 1.47. The molecule has 1 aromatic heterocycles. The first kappa shape index (κ1) is 13.9. The molecule has 0 spiro atoms. The molecule has 0 radical (unpaired) electrons. The Balaban J connectivity index is 0. The van der Waals surface area contributed by atoms with Gasteiger partial charge in [-0.3, -0.25) is 4.68 Å². The van der Waals surface area contributed by atoms with E-state index in [1.54, 1.807) is 10.9 Å². The van der Waals surface area contributed by atoms with E-state index in [4.69, 9.17) is 11.5 Å². The van der Waals surface area contributed by atoms with Crippen LogP contribution < -0.4 is 11.5 Å². The van der Waals surface area contributed by atoms with E-state index < -0.39 is 0 Å². The van der Waals surface area contributed by atoms with Gasteiger partial charge in [0.15, 0.2) is 5.82 Å². The Labute approximate surface area is 84.1 Å². The minimum atomic E-state index is 0. The molecule has 0 saturated carbocycles. The topological polar surface area (TPSA) is 69.9 Å². The molecule has 0 amide bonds. The normalized spacial score (nSPS) is 8.92. The molecular weight excluding hydrogens is 199 g/mol. The van der Waals surface area contributed by atoms with Gasteiger partial charge in [0.1, 0.15) is 0 Å². The van der Waals surface area contributed by atoms with E-state index >= 15 is 0 Å². The zero-order chi connectivity index (χ0) is 7.72. The third kappa shape index (κ3) is 2.79. The Kier molecular flexibility index (Phi) is 5.94. The molecule has 72 valence electrons. The van der Waals surface area contributed by atoms with Gasteiger partial charge in [0.05, 0.1) is 11.9 Å². The van der Waals surface area contributed by atoms with Gasteiger partial charge in [-0.05, 0) is 13.8 Å². The van der Waals surface area contributed by atoms with Gasteiger partial charge in [-0.1, -0.05) is 0 Å². The van der Waals surface area contributed by atoms with Crippen LogP contribution in [-0.2, 0) is 0 Å². The predicted molar refractivity (Wildman–Crippen MR) is 55.9 cm³/mol. The average molecular weight is 213 g/mol. The molecule has 1 aromatic rings. The molecule has 0 aliphatic carbocycles. The van der Waals surface area contributed by atoms with Gasteiger partial charge in [0, 0.05) is 6.04 Å². The monoisotopic (exact) mass is 212 g/mol. The number of nitrogen functional groups attached to an aromatic ring is 2. The van der Waals surface area contributed by atoms with Crippen molar-refractivity contribution in [2.75, 3.05) is 11.5 Å². The van der Waals surface area contributed by atoms with Crippen LogP contribution in [0.2, 0.25) is 0 Å². The van der Waals surface area contributed by atoms with Crippen molar-refractivity contribution in [1.29, 1.82) is 0 Å². The van der Waals surface area contributed by atoms with Gasteiger partial charge in [-0.15, -0.1) is 24.8 Å². The number of aromatic nitrogens is 2. The number of anilines is 2. The third-order valence-corrected chi connectivity index (χ3v) is 1.32. The highest BCUT2D eigenvalue weighted by atomic mass is 35.5. The van der Waals surface area contributed by atoms with E-state index in [1.807, 2.05) is 13.8 Å². The molecule has 0 bridgehead atoms. The van der Waals surface area contributed by atoms with Crippen LogP contribution in [0.25, 0.3) is 0 Å². The molecule has 12 heavy (non-hydrogen) atoms. The summed E-state index contributed by atoms with van der Waals surface area (Å²) in [5, 5.41) is 3.98. The molecule has 0 fully saturated rings. The molecule has 0 atom stereocenters. The van der Waals surface area contributed by atoms with Crippen molar-refractivity contribution in [3.8, 4) is 0 Å². The van der Waals surface area contributed by atoms with Crippen molar-refractivity contribution in [2.24, 2.45) is 0 Å². The summed E-state index contributed by atoms with van der Waals surface area (Å²) < 4.78 is 1.74. The van der Waals surface area contributed by atoms with Crippen LogP contribution in [0.3, 0.4) is 0 Å². The standard InChI is InChI=1S/C6H12N4.2ClH/c1-4(2)10-3-5(7)6(8)9-10;;/h3-4H,7H2,1-2H3,(H2,8,9);2*1H. The Bertz CT molecular complexity index is 214. The zero-order valence-corrected chi connectivity index (χ0v) is 8.65. The molecule has 0 aromatic carbocycles. The number of halogens is 2. The quantitative estimate of drug-likeness (QED) is 0.742. The minimum Gasteiger partial charge on any atom is -0.394 e. The molecular formula is C6H14Cl2N4. The molecule has 0 unspecified atom stereocenters. The van der Waals surface area contributed by atoms with E-state index in [0.717, 1.165) is 0 Å². The van der Waals surface area contributed by atoms with Crippen LogP contribution in [0.15, 0.2) is 6.20 Å². The van der Waals surface area contributed by atoms with E-state index in [1.165, 1.54) is 0 Å². The zero-order valence-electron chi connectivity index (χ0n) is 7.02. The SMILES string of the molecule is CC(C)n1cc(N)c(N)n1.Cl.Cl. The van der Waals surface area contributed by atoms with E-state index in [0.29, 0.717) is 17.5 Å². The number of nitrogens with zero attached hydrogens (tertiary/aromatic N) is 2. The Hall–Kier alpha value is -0.610. The Morgan fingerprint density at radius 2 is 1.83 bits per heavy atom. The van der Waals surface area contributed by atoms with Crippen molar-refractivity contribution >= 4 is 36.3 Å². The van der Waals surface area contributed by atoms with Gasteiger partial charge < -0.3 is 11.5 Å². The molecule has 4 N–H and O–H groups in total. The highest BCUT2D eigenvalue weighted by Gasteiger charge is 2.02. The number of hydrogen-bond donors (Lipinski definition) is 2. The fraction of sp³-hybridized carbons (Fsp3) is 0.500. The lowest BCUT2D eigenvalue weighted by molar-refractivity contribution is 0.535. The number of nitrogens with two attached hydrogens (primary N) is 2. The summed E-state index contributed by atoms with van der Waals surface area (Å²) in [5.41, 5.74) is 11.4. The molecule has 0 aliphatic rings. The second kappa shape index (κ2) is 5.11. The summed E-state index contributed by atoms with van der Waals surface area (Å²) in [6.07, 6.45) is 1.74. The van der Waals surface area contributed by atoms with Crippen LogP contribution in [0.4, 0.5) is 11.5 Å². The lowest BCUT2D eigenvalue weighted by atomic mass is 10.4. The molecule has 0 saturated heterocycles. The summed E-state index contributed by atoms with van der Waals surface area (Å²) in [6, 6.07) is 0.319. The first-order chi connectivity index (χ1) is 4.61. The van der Waals surface area contributed by atoms with Crippen LogP contribution in [0.1, 0.15) is 19.9 Å².